The second-order valence-electron chi connectivity index (χ2n) is 6.09. The highest BCUT2D eigenvalue weighted by Gasteiger charge is 2.40. The van der Waals surface area contributed by atoms with Gasteiger partial charge in [-0.3, -0.25) is 4.68 Å². The van der Waals surface area contributed by atoms with E-state index in [1.54, 1.807) is 42.7 Å². The van der Waals surface area contributed by atoms with Gasteiger partial charge in [0.25, 0.3) is 0 Å². The molecule has 0 aliphatic carbocycles. The molecule has 1 atom stereocenters. The highest BCUT2D eigenvalue weighted by atomic mass is 32.2. The van der Waals surface area contributed by atoms with E-state index < -0.39 is 21.6 Å². The molecular weight excluding hydrogens is 335 g/mol. The van der Waals surface area contributed by atoms with Crippen molar-refractivity contribution in [2.45, 2.75) is 24.1 Å². The third-order valence-corrected chi connectivity index (χ3v) is 5.59. The first-order chi connectivity index (χ1) is 11.4. The number of aromatic nitrogens is 2. The third-order valence-electron chi connectivity index (χ3n) is 3.92. The van der Waals surface area contributed by atoms with Gasteiger partial charge in [-0.1, -0.05) is 24.3 Å². The predicted molar refractivity (Wildman–Crippen MR) is 85.8 cm³/mol. The van der Waals surface area contributed by atoms with Gasteiger partial charge in [-0.25, -0.2) is 12.8 Å². The smallest absolute Gasteiger partial charge is 0.182 e. The topological polar surface area (TPSA) is 81.4 Å². The molecule has 0 spiro atoms. The quantitative estimate of drug-likeness (QED) is 0.804. The molecule has 24 heavy (non-hydrogen) atoms. The zero-order valence-corrected chi connectivity index (χ0v) is 13.8. The predicted octanol–water partition coefficient (Wildman–Crippen LogP) is 1.05. The van der Waals surface area contributed by atoms with Crippen LogP contribution in [0.3, 0.4) is 0 Å². The van der Waals surface area contributed by atoms with Gasteiger partial charge in [0.2, 0.25) is 0 Å². The van der Waals surface area contributed by atoms with E-state index in [2.05, 4.69) is 5.10 Å². The van der Waals surface area contributed by atoms with Gasteiger partial charge in [0, 0.05) is 12.4 Å². The Balaban J connectivity index is 1.59. The third kappa shape index (κ3) is 4.00. The second-order valence-corrected chi connectivity index (χ2v) is 8.20. The summed E-state index contributed by atoms with van der Waals surface area (Å²) in [7, 11) is -3.49. The van der Waals surface area contributed by atoms with E-state index in [1.807, 2.05) is 0 Å². The van der Waals surface area contributed by atoms with Gasteiger partial charge in [-0.2, -0.15) is 5.10 Å². The molecule has 1 aromatic carbocycles. The van der Waals surface area contributed by atoms with E-state index >= 15 is 0 Å². The van der Waals surface area contributed by atoms with Gasteiger partial charge < -0.3 is 9.84 Å². The van der Waals surface area contributed by atoms with Crippen LogP contribution in [0.5, 0.6) is 0 Å². The van der Waals surface area contributed by atoms with Crippen LogP contribution in [0.2, 0.25) is 0 Å². The number of aliphatic hydroxyl groups is 1. The molecule has 1 aromatic heterocycles. The molecule has 2 heterocycles. The maximum Gasteiger partial charge on any atom is 0.182 e. The molecule has 2 aromatic rings. The average Bonchev–Trinajstić information content (AvgIpc) is 2.97. The lowest BCUT2D eigenvalue weighted by molar-refractivity contribution is -0.135. The number of benzene rings is 1. The highest BCUT2D eigenvalue weighted by Crippen LogP contribution is 2.33. The van der Waals surface area contributed by atoms with Gasteiger partial charge in [-0.05, 0) is 17.2 Å². The lowest BCUT2D eigenvalue weighted by Crippen LogP contribution is -2.42. The van der Waals surface area contributed by atoms with E-state index in [0.717, 1.165) is 0 Å². The van der Waals surface area contributed by atoms with E-state index in [9.17, 15) is 17.9 Å². The van der Waals surface area contributed by atoms with Gasteiger partial charge in [-0.15, -0.1) is 0 Å². The second kappa shape index (κ2) is 6.62. The maximum atomic E-state index is 14.2. The molecule has 1 fully saturated rings. The molecule has 1 unspecified atom stereocenters. The van der Waals surface area contributed by atoms with Gasteiger partial charge >= 0.3 is 0 Å². The first-order valence-electron chi connectivity index (χ1n) is 7.58. The minimum Gasteiger partial charge on any atom is -0.390 e. The fraction of sp³-hybridized carbons (Fsp3) is 0.438. The van der Waals surface area contributed by atoms with Crippen LogP contribution in [0.4, 0.5) is 4.39 Å². The Hall–Kier alpha value is -1.77. The first kappa shape index (κ1) is 17.1. The van der Waals surface area contributed by atoms with Crippen LogP contribution in [-0.4, -0.2) is 48.4 Å². The summed E-state index contributed by atoms with van der Waals surface area (Å²) in [5.41, 5.74) is -0.403. The van der Waals surface area contributed by atoms with Gasteiger partial charge in [0.15, 0.2) is 15.5 Å². The van der Waals surface area contributed by atoms with Crippen LogP contribution in [0.1, 0.15) is 11.1 Å². The van der Waals surface area contributed by atoms with Crippen molar-refractivity contribution in [1.29, 1.82) is 0 Å². The molecule has 6 nitrogen and oxygen atoms in total. The summed E-state index contributed by atoms with van der Waals surface area (Å²) in [4.78, 5) is 0. The summed E-state index contributed by atoms with van der Waals surface area (Å²) in [6, 6.07) is 8.09. The zero-order valence-electron chi connectivity index (χ0n) is 13.0. The number of sulfone groups is 1. The number of ether oxygens (including phenoxy) is 1. The minimum absolute atomic E-state index is 0.0320. The molecule has 1 aliphatic rings. The highest BCUT2D eigenvalue weighted by molar-refractivity contribution is 7.90. The average molecular weight is 354 g/mol. The molecule has 8 heteroatoms. The number of nitrogens with zero attached hydrogens (tertiary/aromatic N) is 2. The molecule has 1 aliphatic heterocycles. The van der Waals surface area contributed by atoms with Crippen LogP contribution in [0.25, 0.3) is 0 Å². The van der Waals surface area contributed by atoms with E-state index in [-0.39, 0.29) is 31.3 Å². The van der Waals surface area contributed by atoms with Gasteiger partial charge in [0.05, 0.1) is 37.4 Å². The summed E-state index contributed by atoms with van der Waals surface area (Å²) in [6.45, 7) is 0.185. The van der Waals surface area contributed by atoms with Crippen molar-refractivity contribution < 1.29 is 22.7 Å². The Labute approximate surface area is 139 Å². The van der Waals surface area contributed by atoms with Crippen LogP contribution < -0.4 is 0 Å². The molecule has 0 bridgehead atoms. The number of hydrogen-bond donors (Lipinski definition) is 1. The molecule has 0 saturated carbocycles. The lowest BCUT2D eigenvalue weighted by atomic mass is 9.93. The number of rotatable bonds is 7. The molecular formula is C16H19FN2O4S. The maximum absolute atomic E-state index is 14.2. The molecule has 0 amide bonds. The first-order valence-corrected chi connectivity index (χ1v) is 9.40. The summed E-state index contributed by atoms with van der Waals surface area (Å²) < 4.78 is 45.0. The number of alkyl halides is 1. The van der Waals surface area contributed by atoms with E-state index in [4.69, 9.17) is 4.74 Å². The van der Waals surface area contributed by atoms with Crippen LogP contribution in [0, 0.1) is 0 Å². The standard InChI is InChI=1S/C16H19FN2O4S/c17-16(11-23-12-16)14-4-2-13(3-5-14)9-24(21,22)10-15(20)8-19-7-1-6-18-19/h1-7,15,20H,8-12H2. The van der Waals surface area contributed by atoms with Crippen LogP contribution in [-0.2, 0) is 32.5 Å². The van der Waals surface area contributed by atoms with Crippen molar-refractivity contribution in [3.05, 3.63) is 53.9 Å². The van der Waals surface area contributed by atoms with Crippen molar-refractivity contribution in [2.75, 3.05) is 19.0 Å². The monoisotopic (exact) mass is 354 g/mol. The Bertz CT molecular complexity index is 771. The molecule has 0 radical (unpaired) electrons. The Morgan fingerprint density at radius 3 is 2.58 bits per heavy atom. The van der Waals surface area contributed by atoms with E-state index in [0.29, 0.717) is 11.1 Å². The summed E-state index contributed by atoms with van der Waals surface area (Å²) in [6.07, 6.45) is 2.19. The summed E-state index contributed by atoms with van der Waals surface area (Å²) >= 11 is 0. The summed E-state index contributed by atoms with van der Waals surface area (Å²) in [5, 5.41) is 13.9. The normalized spacial score (nSPS) is 18.1. The zero-order chi connectivity index (χ0) is 17.2. The lowest BCUT2D eigenvalue weighted by Gasteiger charge is -2.34. The number of aliphatic hydroxyl groups excluding tert-OH is 1. The largest absolute Gasteiger partial charge is 0.390 e. The molecule has 1 saturated heterocycles. The molecule has 1 N–H and O–H groups in total. The molecule has 130 valence electrons. The molecule has 3 rings (SSSR count). The number of halogens is 1. The fourth-order valence-electron chi connectivity index (χ4n) is 2.63. The van der Waals surface area contributed by atoms with Gasteiger partial charge in [0.1, 0.15) is 0 Å². The number of hydrogen-bond acceptors (Lipinski definition) is 5. The van der Waals surface area contributed by atoms with Crippen molar-refractivity contribution in [3.63, 3.8) is 0 Å². The van der Waals surface area contributed by atoms with Crippen LogP contribution in [0.15, 0.2) is 42.7 Å². The minimum atomic E-state index is -3.49. The summed E-state index contributed by atoms with van der Waals surface area (Å²) in [5.74, 6) is -0.547. The Kier molecular flexibility index (Phi) is 4.71. The van der Waals surface area contributed by atoms with Crippen molar-refractivity contribution in [2.24, 2.45) is 0 Å². The Morgan fingerprint density at radius 1 is 1.33 bits per heavy atom. The SMILES string of the molecule is O=S(=O)(Cc1ccc(C2(F)COC2)cc1)CC(O)Cn1cccn1. The van der Waals surface area contributed by atoms with Crippen molar-refractivity contribution in [3.8, 4) is 0 Å². The van der Waals surface area contributed by atoms with Crippen LogP contribution >= 0.6 is 0 Å². The fourth-order valence-corrected chi connectivity index (χ4v) is 4.14. The van der Waals surface area contributed by atoms with E-state index in [1.165, 1.54) is 4.68 Å². The van der Waals surface area contributed by atoms with Crippen molar-refractivity contribution in [1.82, 2.24) is 9.78 Å². The van der Waals surface area contributed by atoms with Crippen molar-refractivity contribution >= 4 is 9.84 Å². The Morgan fingerprint density at radius 2 is 2.04 bits per heavy atom.